The first-order valence-corrected chi connectivity index (χ1v) is 9.11. The van der Waals surface area contributed by atoms with Gasteiger partial charge in [0, 0.05) is 43.8 Å². The highest BCUT2D eigenvalue weighted by molar-refractivity contribution is 5.94. The van der Waals surface area contributed by atoms with Gasteiger partial charge < -0.3 is 14.9 Å². The average Bonchev–Trinajstić information content (AvgIpc) is 3.26. The number of aryl methyl sites for hydroxylation is 1. The number of β-amino-alcohol motifs (C(OH)–C–C–N with tert-alkyl or cyclic N) is 1. The molecule has 0 radical (unpaired) electrons. The van der Waals surface area contributed by atoms with Crippen LogP contribution in [-0.2, 0) is 12.8 Å². The molecule has 2 N–H and O–H groups in total. The second-order valence-electron chi connectivity index (χ2n) is 7.36. The van der Waals surface area contributed by atoms with Crippen molar-refractivity contribution in [1.29, 1.82) is 0 Å². The Hall–Kier alpha value is -2.48. The number of aromatic nitrogens is 4. The highest BCUT2D eigenvalue weighted by atomic mass is 16.3. The molecular weight excluding hydrogens is 332 g/mol. The van der Waals surface area contributed by atoms with Crippen LogP contribution in [0.5, 0.6) is 0 Å². The van der Waals surface area contributed by atoms with Gasteiger partial charge in [0.05, 0.1) is 12.7 Å². The molecule has 1 amide bonds. The van der Waals surface area contributed by atoms with E-state index in [2.05, 4.69) is 20.2 Å². The molecule has 4 rings (SSSR count). The number of amides is 1. The van der Waals surface area contributed by atoms with Gasteiger partial charge in [-0.15, -0.1) is 0 Å². The summed E-state index contributed by atoms with van der Waals surface area (Å²) < 4.78 is 0. The van der Waals surface area contributed by atoms with Crippen LogP contribution in [0.15, 0.2) is 18.6 Å². The molecule has 1 saturated heterocycles. The number of nitrogens with one attached hydrogen (secondary N) is 1. The summed E-state index contributed by atoms with van der Waals surface area (Å²) in [6.45, 7) is 1.39. The third-order valence-electron chi connectivity index (χ3n) is 5.34. The van der Waals surface area contributed by atoms with E-state index in [4.69, 9.17) is 0 Å². The lowest BCUT2D eigenvalue weighted by Crippen LogP contribution is -2.46. The van der Waals surface area contributed by atoms with E-state index in [1.807, 2.05) is 4.90 Å². The number of hydrogen-bond acceptors (Lipinski definition) is 6. The zero-order valence-corrected chi connectivity index (χ0v) is 15.0. The van der Waals surface area contributed by atoms with Gasteiger partial charge in [0.25, 0.3) is 5.91 Å². The van der Waals surface area contributed by atoms with Crippen LogP contribution in [0, 0.1) is 0 Å². The number of nitrogens with zero attached hydrogens (tertiary/aromatic N) is 5. The molecule has 2 aromatic rings. The number of rotatable bonds is 4. The van der Waals surface area contributed by atoms with Crippen LogP contribution >= 0.6 is 0 Å². The molecule has 1 atom stereocenters. The summed E-state index contributed by atoms with van der Waals surface area (Å²) in [5.74, 6) is 0.620. The van der Waals surface area contributed by atoms with Crippen molar-refractivity contribution in [2.24, 2.45) is 0 Å². The minimum absolute atomic E-state index is 0.129. The molecule has 1 aliphatic heterocycles. The fourth-order valence-corrected chi connectivity index (χ4v) is 3.99. The standard InChI is InChI=1S/C18H24N6O2/c1-23(17(25)16-13-4-2-3-5-14(13)21-22-16)11-18(26)6-9-24(12-18)15-10-19-7-8-20-15/h7-8,10,26H,2-6,9,11-12H2,1H3,(H,21,22)/t18-/m0/s1. The Morgan fingerprint density at radius 3 is 3.04 bits per heavy atom. The van der Waals surface area contributed by atoms with Crippen LogP contribution < -0.4 is 4.90 Å². The second kappa shape index (κ2) is 6.68. The molecule has 1 aliphatic carbocycles. The monoisotopic (exact) mass is 356 g/mol. The summed E-state index contributed by atoms with van der Waals surface area (Å²) in [6.07, 6.45) is 9.62. The predicted molar refractivity (Wildman–Crippen MR) is 96.0 cm³/mol. The lowest BCUT2D eigenvalue weighted by Gasteiger charge is -2.29. The number of aliphatic hydroxyl groups is 1. The van der Waals surface area contributed by atoms with Crippen molar-refractivity contribution in [3.8, 4) is 0 Å². The third-order valence-corrected chi connectivity index (χ3v) is 5.34. The van der Waals surface area contributed by atoms with Crippen molar-refractivity contribution in [1.82, 2.24) is 25.1 Å². The van der Waals surface area contributed by atoms with Gasteiger partial charge in [-0.25, -0.2) is 4.98 Å². The van der Waals surface area contributed by atoms with E-state index >= 15 is 0 Å². The van der Waals surface area contributed by atoms with E-state index in [1.54, 1.807) is 30.5 Å². The van der Waals surface area contributed by atoms with Gasteiger partial charge in [-0.05, 0) is 32.1 Å². The Morgan fingerprint density at radius 1 is 1.38 bits per heavy atom. The van der Waals surface area contributed by atoms with Crippen LogP contribution in [0.1, 0.15) is 41.0 Å². The molecule has 0 bridgehead atoms. The first-order chi connectivity index (χ1) is 12.6. The molecule has 0 unspecified atom stereocenters. The number of aromatic amines is 1. The predicted octanol–water partition coefficient (Wildman–Crippen LogP) is 0.792. The summed E-state index contributed by atoms with van der Waals surface area (Å²) in [5, 5.41) is 18.2. The molecule has 138 valence electrons. The van der Waals surface area contributed by atoms with Gasteiger partial charge in [0.2, 0.25) is 0 Å². The second-order valence-corrected chi connectivity index (χ2v) is 7.36. The average molecular weight is 356 g/mol. The Balaban J connectivity index is 1.44. The zero-order valence-electron chi connectivity index (χ0n) is 15.0. The molecule has 26 heavy (non-hydrogen) atoms. The number of anilines is 1. The largest absolute Gasteiger partial charge is 0.386 e. The van der Waals surface area contributed by atoms with E-state index in [1.165, 1.54) is 0 Å². The summed E-state index contributed by atoms with van der Waals surface area (Å²) in [4.78, 5) is 24.8. The SMILES string of the molecule is CN(C[C@@]1(O)CCN(c2cnccn2)C1)C(=O)c1n[nH]c2c1CCCC2. The number of H-pyrrole nitrogens is 1. The van der Waals surface area contributed by atoms with Crippen LogP contribution in [0.25, 0.3) is 0 Å². The molecule has 0 aromatic carbocycles. The Kier molecular flexibility index (Phi) is 4.36. The maximum atomic E-state index is 12.9. The molecular formula is C18H24N6O2. The Labute approximate surface area is 152 Å². The minimum Gasteiger partial charge on any atom is -0.386 e. The molecule has 3 heterocycles. The van der Waals surface area contributed by atoms with E-state index < -0.39 is 5.60 Å². The summed E-state index contributed by atoms with van der Waals surface area (Å²) in [5.41, 5.74) is 1.68. The van der Waals surface area contributed by atoms with E-state index in [0.29, 0.717) is 25.2 Å². The topological polar surface area (TPSA) is 98.2 Å². The van der Waals surface area contributed by atoms with Gasteiger partial charge in [-0.1, -0.05) is 0 Å². The first kappa shape index (κ1) is 17.0. The highest BCUT2D eigenvalue weighted by Gasteiger charge is 2.39. The van der Waals surface area contributed by atoms with Crippen molar-refractivity contribution >= 4 is 11.7 Å². The molecule has 2 aromatic heterocycles. The maximum Gasteiger partial charge on any atom is 0.274 e. The summed E-state index contributed by atoms with van der Waals surface area (Å²) in [7, 11) is 1.73. The van der Waals surface area contributed by atoms with Gasteiger partial charge in [0.15, 0.2) is 5.69 Å². The Morgan fingerprint density at radius 2 is 2.23 bits per heavy atom. The third kappa shape index (κ3) is 3.16. The van der Waals surface area contributed by atoms with Gasteiger partial charge in [-0.2, -0.15) is 5.10 Å². The summed E-state index contributed by atoms with van der Waals surface area (Å²) >= 11 is 0. The summed E-state index contributed by atoms with van der Waals surface area (Å²) in [6, 6.07) is 0. The van der Waals surface area contributed by atoms with Crippen molar-refractivity contribution in [3.05, 3.63) is 35.5 Å². The van der Waals surface area contributed by atoms with Gasteiger partial charge >= 0.3 is 0 Å². The van der Waals surface area contributed by atoms with Crippen molar-refractivity contribution in [2.75, 3.05) is 31.6 Å². The van der Waals surface area contributed by atoms with Crippen LogP contribution in [0.3, 0.4) is 0 Å². The van der Waals surface area contributed by atoms with Crippen molar-refractivity contribution < 1.29 is 9.90 Å². The normalized spacial score (nSPS) is 22.3. The lowest BCUT2D eigenvalue weighted by atomic mass is 9.95. The number of carbonyl (C=O) groups is 1. The molecule has 0 saturated carbocycles. The van der Waals surface area contributed by atoms with Crippen molar-refractivity contribution in [3.63, 3.8) is 0 Å². The molecule has 8 nitrogen and oxygen atoms in total. The van der Waals surface area contributed by atoms with Crippen LogP contribution in [0.2, 0.25) is 0 Å². The van der Waals surface area contributed by atoms with Crippen molar-refractivity contribution in [2.45, 2.75) is 37.7 Å². The first-order valence-electron chi connectivity index (χ1n) is 9.11. The smallest absolute Gasteiger partial charge is 0.274 e. The zero-order chi connectivity index (χ0) is 18.1. The Bertz CT molecular complexity index is 792. The molecule has 2 aliphatic rings. The van der Waals surface area contributed by atoms with Gasteiger partial charge in [0.1, 0.15) is 11.4 Å². The van der Waals surface area contributed by atoms with Crippen LogP contribution in [0.4, 0.5) is 5.82 Å². The lowest BCUT2D eigenvalue weighted by molar-refractivity contribution is 0.0261. The number of fused-ring (bicyclic) bond motifs is 1. The molecule has 8 heteroatoms. The number of carbonyl (C=O) groups excluding carboxylic acids is 1. The molecule has 0 spiro atoms. The quantitative estimate of drug-likeness (QED) is 0.841. The van der Waals surface area contributed by atoms with E-state index in [0.717, 1.165) is 42.8 Å². The maximum absolute atomic E-state index is 12.9. The van der Waals surface area contributed by atoms with Gasteiger partial charge in [-0.3, -0.25) is 14.9 Å². The number of likely N-dealkylation sites (N-methyl/N-ethyl adjacent to an activating group) is 1. The number of hydrogen-bond donors (Lipinski definition) is 2. The van der Waals surface area contributed by atoms with E-state index in [9.17, 15) is 9.90 Å². The fourth-order valence-electron chi connectivity index (χ4n) is 3.99. The van der Waals surface area contributed by atoms with E-state index in [-0.39, 0.29) is 12.5 Å². The van der Waals surface area contributed by atoms with Crippen LogP contribution in [-0.4, -0.2) is 68.4 Å². The molecule has 1 fully saturated rings. The minimum atomic E-state index is -0.960. The fraction of sp³-hybridized carbons (Fsp3) is 0.556. The highest BCUT2D eigenvalue weighted by Crippen LogP contribution is 2.27.